The molecule has 132 valence electrons. The number of aryl methyl sites for hydroxylation is 2. The van der Waals surface area contributed by atoms with E-state index in [-0.39, 0.29) is 11.7 Å². The van der Waals surface area contributed by atoms with Crippen LogP contribution in [-0.2, 0) is 17.6 Å². The summed E-state index contributed by atoms with van der Waals surface area (Å²) in [5.41, 5.74) is 1.93. The van der Waals surface area contributed by atoms with E-state index in [9.17, 15) is 9.18 Å². The van der Waals surface area contributed by atoms with Gasteiger partial charge in [-0.1, -0.05) is 18.2 Å². The van der Waals surface area contributed by atoms with Crippen molar-refractivity contribution < 1.29 is 9.18 Å². The standard InChI is InChI=1S/C21H25FN2O/c22-20-6-2-1-5-19(20)9-7-18-4-3-15-24(16-18)21(25)10-8-17-11-13-23-14-12-17/h1-2,5-6,11-14,18H,3-4,7-10,15-16H2. The van der Waals surface area contributed by atoms with Crippen molar-refractivity contribution in [1.29, 1.82) is 0 Å². The van der Waals surface area contributed by atoms with E-state index in [2.05, 4.69) is 4.98 Å². The Morgan fingerprint density at radius 3 is 2.76 bits per heavy atom. The first-order valence-electron chi connectivity index (χ1n) is 9.12. The van der Waals surface area contributed by atoms with Crippen LogP contribution < -0.4 is 0 Å². The van der Waals surface area contributed by atoms with Crippen LogP contribution in [0, 0.1) is 11.7 Å². The molecule has 1 aliphatic rings. The summed E-state index contributed by atoms with van der Waals surface area (Å²) in [7, 11) is 0. The lowest BCUT2D eigenvalue weighted by molar-refractivity contribution is -0.133. The minimum atomic E-state index is -0.122. The molecule has 0 aliphatic carbocycles. The maximum absolute atomic E-state index is 13.7. The first-order valence-corrected chi connectivity index (χ1v) is 9.12. The van der Waals surface area contributed by atoms with Crippen LogP contribution in [0.15, 0.2) is 48.8 Å². The van der Waals surface area contributed by atoms with E-state index in [1.165, 1.54) is 6.07 Å². The Morgan fingerprint density at radius 2 is 1.96 bits per heavy atom. The molecule has 0 radical (unpaired) electrons. The van der Waals surface area contributed by atoms with Crippen molar-refractivity contribution in [2.45, 2.75) is 38.5 Å². The number of piperidine rings is 1. The summed E-state index contributed by atoms with van der Waals surface area (Å²) in [6.45, 7) is 1.66. The number of hydrogen-bond acceptors (Lipinski definition) is 2. The third-order valence-electron chi connectivity index (χ3n) is 5.03. The topological polar surface area (TPSA) is 33.2 Å². The minimum Gasteiger partial charge on any atom is -0.342 e. The Labute approximate surface area is 148 Å². The number of nitrogens with zero attached hydrogens (tertiary/aromatic N) is 2. The minimum absolute atomic E-state index is 0.122. The second-order valence-electron chi connectivity index (χ2n) is 6.83. The molecular weight excluding hydrogens is 315 g/mol. The molecule has 1 saturated heterocycles. The summed E-state index contributed by atoms with van der Waals surface area (Å²) in [5.74, 6) is 0.578. The zero-order valence-corrected chi connectivity index (χ0v) is 14.5. The van der Waals surface area contributed by atoms with Gasteiger partial charge < -0.3 is 4.90 Å². The molecular formula is C21H25FN2O. The Bertz CT molecular complexity index is 689. The lowest BCUT2D eigenvalue weighted by Gasteiger charge is -2.33. The number of benzene rings is 1. The molecule has 1 aromatic carbocycles. The fraction of sp³-hybridized carbons (Fsp3) is 0.429. The summed E-state index contributed by atoms with van der Waals surface area (Å²) in [6.07, 6.45) is 8.69. The summed E-state index contributed by atoms with van der Waals surface area (Å²) >= 11 is 0. The van der Waals surface area contributed by atoms with Gasteiger partial charge in [0.15, 0.2) is 0 Å². The summed E-state index contributed by atoms with van der Waals surface area (Å²) in [4.78, 5) is 18.5. The van der Waals surface area contributed by atoms with Gasteiger partial charge in [0.1, 0.15) is 5.82 Å². The van der Waals surface area contributed by atoms with E-state index in [1.54, 1.807) is 18.5 Å². The molecule has 2 heterocycles. The fourth-order valence-electron chi connectivity index (χ4n) is 3.55. The molecule has 1 unspecified atom stereocenters. The van der Waals surface area contributed by atoms with E-state index >= 15 is 0 Å². The molecule has 1 fully saturated rings. The van der Waals surface area contributed by atoms with Crippen LogP contribution in [0.2, 0.25) is 0 Å². The van der Waals surface area contributed by atoms with Gasteiger partial charge in [0.25, 0.3) is 0 Å². The monoisotopic (exact) mass is 340 g/mol. The molecule has 0 saturated carbocycles. The quantitative estimate of drug-likeness (QED) is 0.795. The third-order valence-corrected chi connectivity index (χ3v) is 5.03. The molecule has 1 aliphatic heterocycles. The SMILES string of the molecule is O=C(CCc1ccncc1)N1CCCC(CCc2ccccc2F)C1. The molecule has 1 atom stereocenters. The first kappa shape index (κ1) is 17.6. The number of halogens is 1. The van der Waals surface area contributed by atoms with Crippen LogP contribution in [0.5, 0.6) is 0 Å². The Kier molecular flexibility index (Phi) is 6.15. The number of likely N-dealkylation sites (tertiary alicyclic amines) is 1. The van der Waals surface area contributed by atoms with Crippen molar-refractivity contribution in [2.24, 2.45) is 5.92 Å². The fourth-order valence-corrected chi connectivity index (χ4v) is 3.55. The highest BCUT2D eigenvalue weighted by atomic mass is 19.1. The lowest BCUT2D eigenvalue weighted by Crippen LogP contribution is -2.40. The molecule has 0 spiro atoms. The molecule has 1 amide bonds. The molecule has 3 nitrogen and oxygen atoms in total. The maximum Gasteiger partial charge on any atom is 0.222 e. The van der Waals surface area contributed by atoms with E-state index in [1.807, 2.05) is 29.2 Å². The number of rotatable bonds is 6. The predicted octanol–water partition coefficient (Wildman–Crippen LogP) is 4.02. The highest BCUT2D eigenvalue weighted by Gasteiger charge is 2.23. The highest BCUT2D eigenvalue weighted by Crippen LogP contribution is 2.23. The van der Waals surface area contributed by atoms with E-state index in [4.69, 9.17) is 0 Å². The zero-order chi connectivity index (χ0) is 17.5. The van der Waals surface area contributed by atoms with Gasteiger partial charge in [-0.2, -0.15) is 0 Å². The van der Waals surface area contributed by atoms with Gasteiger partial charge >= 0.3 is 0 Å². The van der Waals surface area contributed by atoms with Crippen molar-refractivity contribution in [3.05, 3.63) is 65.7 Å². The van der Waals surface area contributed by atoms with Crippen LogP contribution in [0.4, 0.5) is 4.39 Å². The van der Waals surface area contributed by atoms with Crippen LogP contribution in [0.3, 0.4) is 0 Å². The van der Waals surface area contributed by atoms with E-state index in [0.29, 0.717) is 12.3 Å². The first-order chi connectivity index (χ1) is 12.2. The summed E-state index contributed by atoms with van der Waals surface area (Å²) < 4.78 is 13.7. The molecule has 3 rings (SSSR count). The van der Waals surface area contributed by atoms with E-state index < -0.39 is 0 Å². The van der Waals surface area contributed by atoms with Crippen LogP contribution in [-0.4, -0.2) is 28.9 Å². The highest BCUT2D eigenvalue weighted by molar-refractivity contribution is 5.76. The van der Waals surface area contributed by atoms with Crippen LogP contribution in [0.25, 0.3) is 0 Å². The van der Waals surface area contributed by atoms with Crippen LogP contribution in [0.1, 0.15) is 36.8 Å². The van der Waals surface area contributed by atoms with Crippen LogP contribution >= 0.6 is 0 Å². The third kappa shape index (κ3) is 5.12. The maximum atomic E-state index is 13.7. The predicted molar refractivity (Wildman–Crippen MR) is 96.6 cm³/mol. The van der Waals surface area contributed by atoms with Gasteiger partial charge in [0.05, 0.1) is 0 Å². The van der Waals surface area contributed by atoms with Gasteiger partial charge in [0, 0.05) is 31.9 Å². The number of carbonyl (C=O) groups is 1. The lowest BCUT2D eigenvalue weighted by atomic mass is 9.91. The number of amides is 1. The number of carbonyl (C=O) groups excluding carboxylic acids is 1. The molecule has 1 aromatic heterocycles. The van der Waals surface area contributed by atoms with Gasteiger partial charge in [-0.05, 0) is 67.3 Å². The molecule has 4 heteroatoms. The second-order valence-corrected chi connectivity index (χ2v) is 6.83. The average Bonchev–Trinajstić information content (AvgIpc) is 2.66. The Hall–Kier alpha value is -2.23. The van der Waals surface area contributed by atoms with E-state index in [0.717, 1.165) is 56.3 Å². The summed E-state index contributed by atoms with van der Waals surface area (Å²) in [5, 5.41) is 0. The summed E-state index contributed by atoms with van der Waals surface area (Å²) in [6, 6.07) is 10.9. The van der Waals surface area contributed by atoms with Gasteiger partial charge in [-0.15, -0.1) is 0 Å². The largest absolute Gasteiger partial charge is 0.342 e. The number of aromatic nitrogens is 1. The molecule has 25 heavy (non-hydrogen) atoms. The molecule has 0 N–H and O–H groups in total. The van der Waals surface area contributed by atoms with Crippen molar-refractivity contribution >= 4 is 5.91 Å². The van der Waals surface area contributed by atoms with Gasteiger partial charge in [0.2, 0.25) is 5.91 Å². The Balaban J connectivity index is 1.47. The number of hydrogen-bond donors (Lipinski definition) is 0. The van der Waals surface area contributed by atoms with Crippen molar-refractivity contribution in [2.75, 3.05) is 13.1 Å². The number of pyridine rings is 1. The normalized spacial score (nSPS) is 17.5. The van der Waals surface area contributed by atoms with Crippen molar-refractivity contribution in [3.8, 4) is 0 Å². The Morgan fingerprint density at radius 1 is 1.16 bits per heavy atom. The van der Waals surface area contributed by atoms with Crippen molar-refractivity contribution in [3.63, 3.8) is 0 Å². The average molecular weight is 340 g/mol. The smallest absolute Gasteiger partial charge is 0.222 e. The zero-order valence-electron chi connectivity index (χ0n) is 14.5. The van der Waals surface area contributed by atoms with Crippen molar-refractivity contribution in [1.82, 2.24) is 9.88 Å². The second kappa shape index (κ2) is 8.75. The molecule has 2 aromatic rings. The van der Waals surface area contributed by atoms with Gasteiger partial charge in [-0.25, -0.2) is 4.39 Å². The molecule has 0 bridgehead atoms. The van der Waals surface area contributed by atoms with Gasteiger partial charge in [-0.3, -0.25) is 9.78 Å².